The predicted molar refractivity (Wildman–Crippen MR) is 108 cm³/mol. The summed E-state index contributed by atoms with van der Waals surface area (Å²) in [5.41, 5.74) is 3.19. The summed E-state index contributed by atoms with van der Waals surface area (Å²) in [6.45, 7) is 0.212. The number of carbonyl (C=O) groups is 1. The lowest BCUT2D eigenvalue weighted by Crippen LogP contribution is -2.37. The third kappa shape index (κ3) is 5.32. The molecule has 1 heterocycles. The van der Waals surface area contributed by atoms with Crippen molar-refractivity contribution in [1.82, 2.24) is 0 Å². The molecule has 1 aromatic heterocycles. The SMILES string of the molecule is Br.N#Cc1ccc(C(=O)C[n+]2ccc(Cc3ccc([N+](=O)[O-])cc3)cc2)cc1. The maximum Gasteiger partial charge on any atom is 0.269 e. The highest BCUT2D eigenvalue weighted by atomic mass is 79.9. The second-order valence-corrected chi connectivity index (χ2v) is 6.09. The van der Waals surface area contributed by atoms with Crippen molar-refractivity contribution in [3.8, 4) is 6.07 Å². The van der Waals surface area contributed by atoms with E-state index in [-0.39, 0.29) is 35.0 Å². The number of Topliss-reactive ketones (excluding diaryl/α,β-unsaturated/α-hetero) is 1. The van der Waals surface area contributed by atoms with Crippen LogP contribution in [0.4, 0.5) is 5.69 Å². The first-order chi connectivity index (χ1) is 13.0. The van der Waals surface area contributed by atoms with Gasteiger partial charge in [0, 0.05) is 29.8 Å². The molecule has 0 aliphatic carbocycles. The van der Waals surface area contributed by atoms with Gasteiger partial charge in [-0.3, -0.25) is 14.9 Å². The Hall–Kier alpha value is -3.37. The number of non-ortho nitro benzene ring substituents is 1. The molecule has 0 radical (unpaired) electrons. The van der Waals surface area contributed by atoms with E-state index < -0.39 is 4.92 Å². The monoisotopic (exact) mass is 438 g/mol. The minimum absolute atomic E-state index is 0. The fourth-order valence-corrected chi connectivity index (χ4v) is 2.67. The summed E-state index contributed by atoms with van der Waals surface area (Å²) >= 11 is 0. The highest BCUT2D eigenvalue weighted by molar-refractivity contribution is 8.93. The molecule has 0 aliphatic heterocycles. The molecule has 0 aliphatic rings. The molecular formula is C21H17BrN3O3+. The number of nitrogens with zero attached hydrogens (tertiary/aromatic N) is 3. The van der Waals surface area contributed by atoms with Gasteiger partial charge in [-0.25, -0.2) is 0 Å². The summed E-state index contributed by atoms with van der Waals surface area (Å²) in [5.74, 6) is -0.0346. The normalized spacial score (nSPS) is 9.82. The summed E-state index contributed by atoms with van der Waals surface area (Å²) < 4.78 is 1.79. The zero-order valence-electron chi connectivity index (χ0n) is 14.8. The number of carbonyl (C=O) groups excluding carboxylic acids is 1. The van der Waals surface area contributed by atoms with Crippen LogP contribution in [-0.4, -0.2) is 10.7 Å². The minimum atomic E-state index is -0.417. The lowest BCUT2D eigenvalue weighted by Gasteiger charge is -2.02. The van der Waals surface area contributed by atoms with Gasteiger partial charge >= 0.3 is 0 Å². The molecule has 3 rings (SSSR count). The molecule has 0 spiro atoms. The van der Waals surface area contributed by atoms with Crippen molar-refractivity contribution in [2.75, 3.05) is 0 Å². The smallest absolute Gasteiger partial charge is 0.269 e. The number of halogens is 1. The fraction of sp³-hybridized carbons (Fsp3) is 0.0952. The predicted octanol–water partition coefficient (Wildman–Crippen LogP) is 3.81. The molecule has 6 nitrogen and oxygen atoms in total. The van der Waals surface area contributed by atoms with Crippen LogP contribution in [0.1, 0.15) is 27.0 Å². The zero-order chi connectivity index (χ0) is 19.2. The van der Waals surface area contributed by atoms with E-state index in [2.05, 4.69) is 0 Å². The first kappa shape index (κ1) is 20.9. The maximum absolute atomic E-state index is 12.3. The number of hydrogen-bond acceptors (Lipinski definition) is 4. The third-order valence-electron chi connectivity index (χ3n) is 4.18. The number of aromatic nitrogens is 1. The number of nitriles is 1. The van der Waals surface area contributed by atoms with Gasteiger partial charge < -0.3 is 0 Å². The maximum atomic E-state index is 12.3. The van der Waals surface area contributed by atoms with E-state index in [0.29, 0.717) is 17.5 Å². The van der Waals surface area contributed by atoms with Crippen molar-refractivity contribution < 1.29 is 14.3 Å². The van der Waals surface area contributed by atoms with Crippen LogP contribution >= 0.6 is 17.0 Å². The van der Waals surface area contributed by atoms with E-state index >= 15 is 0 Å². The van der Waals surface area contributed by atoms with E-state index in [1.54, 1.807) is 41.0 Å². The summed E-state index contributed by atoms with van der Waals surface area (Å²) in [6.07, 6.45) is 4.33. The van der Waals surface area contributed by atoms with Gasteiger partial charge in [-0.05, 0) is 41.8 Å². The van der Waals surface area contributed by atoms with Crippen molar-refractivity contribution in [3.63, 3.8) is 0 Å². The van der Waals surface area contributed by atoms with Gasteiger partial charge in [-0.15, -0.1) is 17.0 Å². The Morgan fingerprint density at radius 1 is 0.964 bits per heavy atom. The van der Waals surface area contributed by atoms with Crippen LogP contribution in [0.2, 0.25) is 0 Å². The van der Waals surface area contributed by atoms with E-state index in [0.717, 1.165) is 11.1 Å². The Bertz CT molecular complexity index is 1010. The van der Waals surface area contributed by atoms with Crippen LogP contribution in [0.5, 0.6) is 0 Å². The van der Waals surface area contributed by atoms with E-state index in [1.165, 1.54) is 12.1 Å². The van der Waals surface area contributed by atoms with Gasteiger partial charge in [0.1, 0.15) is 0 Å². The average molecular weight is 439 g/mol. The van der Waals surface area contributed by atoms with E-state index in [1.807, 2.05) is 30.6 Å². The number of nitro benzene ring substituents is 1. The topological polar surface area (TPSA) is 87.9 Å². The zero-order valence-corrected chi connectivity index (χ0v) is 16.5. The molecule has 2 aromatic carbocycles. The average Bonchev–Trinajstić information content (AvgIpc) is 2.70. The number of nitro groups is 1. The molecule has 3 aromatic rings. The fourth-order valence-electron chi connectivity index (χ4n) is 2.67. The van der Waals surface area contributed by atoms with Crippen molar-refractivity contribution in [3.05, 3.63) is 105 Å². The van der Waals surface area contributed by atoms with Gasteiger partial charge in [0.25, 0.3) is 5.69 Å². The van der Waals surface area contributed by atoms with Crippen LogP contribution in [0.15, 0.2) is 73.1 Å². The van der Waals surface area contributed by atoms with Crippen LogP contribution in [-0.2, 0) is 13.0 Å². The molecule has 0 amide bonds. The number of ketones is 1. The van der Waals surface area contributed by atoms with Crippen molar-refractivity contribution in [1.29, 1.82) is 5.26 Å². The Balaban J connectivity index is 0.00000280. The van der Waals surface area contributed by atoms with Gasteiger partial charge in [0.15, 0.2) is 12.4 Å². The van der Waals surface area contributed by atoms with Crippen molar-refractivity contribution in [2.45, 2.75) is 13.0 Å². The molecule has 0 saturated heterocycles. The molecule has 0 unspecified atom stereocenters. The Morgan fingerprint density at radius 2 is 1.54 bits per heavy atom. The summed E-state index contributed by atoms with van der Waals surface area (Å²) in [5, 5.41) is 19.5. The summed E-state index contributed by atoms with van der Waals surface area (Å²) in [7, 11) is 0. The molecule has 0 atom stereocenters. The molecule has 28 heavy (non-hydrogen) atoms. The third-order valence-corrected chi connectivity index (χ3v) is 4.18. The number of benzene rings is 2. The standard InChI is InChI=1S/C21H16N3O3.BrH/c22-14-18-1-5-19(6-2-18)21(25)15-23-11-9-17(10-12-23)13-16-3-7-20(8-4-16)24(26)27;/h1-12H,13,15H2;1H/q+1;. The van der Waals surface area contributed by atoms with Crippen molar-refractivity contribution in [2.24, 2.45) is 0 Å². The molecule has 0 fully saturated rings. The second kappa shape index (κ2) is 9.53. The summed E-state index contributed by atoms with van der Waals surface area (Å²) in [4.78, 5) is 22.6. The number of rotatable bonds is 6. The number of hydrogen-bond donors (Lipinski definition) is 0. The van der Waals surface area contributed by atoms with Gasteiger partial charge in [-0.2, -0.15) is 9.83 Å². The first-order valence-corrected chi connectivity index (χ1v) is 8.30. The largest absolute Gasteiger partial charge is 0.287 e. The Kier molecular flexibility index (Phi) is 7.13. The van der Waals surface area contributed by atoms with E-state index in [4.69, 9.17) is 5.26 Å². The molecule has 7 heteroatoms. The van der Waals surface area contributed by atoms with E-state index in [9.17, 15) is 14.9 Å². The molecule has 140 valence electrons. The van der Waals surface area contributed by atoms with Gasteiger partial charge in [0.2, 0.25) is 12.3 Å². The molecule has 0 N–H and O–H groups in total. The summed E-state index contributed by atoms with van der Waals surface area (Å²) in [6, 6.07) is 18.9. The van der Waals surface area contributed by atoms with Crippen molar-refractivity contribution >= 4 is 28.5 Å². The highest BCUT2D eigenvalue weighted by Crippen LogP contribution is 2.14. The molecule has 0 bridgehead atoms. The first-order valence-electron chi connectivity index (χ1n) is 8.30. The quantitative estimate of drug-likeness (QED) is 0.253. The Labute approximate surface area is 172 Å². The van der Waals surface area contributed by atoms with Crippen LogP contribution in [0, 0.1) is 21.4 Å². The van der Waals surface area contributed by atoms with Crippen LogP contribution < -0.4 is 4.57 Å². The minimum Gasteiger partial charge on any atom is -0.287 e. The second-order valence-electron chi connectivity index (χ2n) is 6.09. The molecule has 0 saturated carbocycles. The lowest BCUT2D eigenvalue weighted by atomic mass is 10.1. The lowest BCUT2D eigenvalue weighted by molar-refractivity contribution is -0.683. The van der Waals surface area contributed by atoms with Gasteiger partial charge in [-0.1, -0.05) is 12.1 Å². The Morgan fingerprint density at radius 3 is 2.07 bits per heavy atom. The van der Waals surface area contributed by atoms with Crippen LogP contribution in [0.25, 0.3) is 0 Å². The number of pyridine rings is 1. The van der Waals surface area contributed by atoms with Gasteiger partial charge in [0.05, 0.1) is 16.6 Å². The highest BCUT2D eigenvalue weighted by Gasteiger charge is 2.12. The van der Waals surface area contributed by atoms with Crippen LogP contribution in [0.3, 0.4) is 0 Å². The molecular weight excluding hydrogens is 422 g/mol.